The van der Waals surface area contributed by atoms with Gasteiger partial charge in [0.15, 0.2) is 0 Å². The highest BCUT2D eigenvalue weighted by molar-refractivity contribution is 5.72. The van der Waals surface area contributed by atoms with Crippen molar-refractivity contribution in [3.63, 3.8) is 0 Å². The minimum absolute atomic E-state index is 0.182. The second-order valence-corrected chi connectivity index (χ2v) is 5.48. The van der Waals surface area contributed by atoms with E-state index in [0.717, 1.165) is 13.0 Å². The summed E-state index contributed by atoms with van der Waals surface area (Å²) in [7, 11) is 1.89. The summed E-state index contributed by atoms with van der Waals surface area (Å²) in [5.41, 5.74) is 0. The Balaban J connectivity index is 3.05. The van der Waals surface area contributed by atoms with Gasteiger partial charge in [0.1, 0.15) is 0 Å². The lowest BCUT2D eigenvalue weighted by Gasteiger charge is -2.13. The minimum Gasteiger partial charge on any atom is -0.346 e. The molecule has 2 heteroatoms. The number of rotatable bonds is 12. The van der Waals surface area contributed by atoms with Crippen LogP contribution in [0.4, 0.5) is 0 Å². The SMILES string of the molecule is CCCCCCCCCCCCCN(C)C(C)=O. The molecule has 18 heavy (non-hydrogen) atoms. The third-order valence-corrected chi connectivity index (χ3v) is 3.63. The van der Waals surface area contributed by atoms with Gasteiger partial charge in [0, 0.05) is 20.5 Å². The van der Waals surface area contributed by atoms with Crippen LogP contribution >= 0.6 is 0 Å². The van der Waals surface area contributed by atoms with Crippen LogP contribution in [0.1, 0.15) is 84.5 Å². The Kier molecular flexibility index (Phi) is 12.5. The molecule has 0 atom stereocenters. The van der Waals surface area contributed by atoms with Crippen LogP contribution in [-0.2, 0) is 4.79 Å². The first-order valence-electron chi connectivity index (χ1n) is 7.90. The maximum absolute atomic E-state index is 11.0. The molecule has 0 aromatic rings. The first-order chi connectivity index (χ1) is 8.68. The summed E-state index contributed by atoms with van der Waals surface area (Å²) >= 11 is 0. The lowest BCUT2D eigenvalue weighted by Crippen LogP contribution is -2.24. The summed E-state index contributed by atoms with van der Waals surface area (Å²) in [6.45, 7) is 4.83. The van der Waals surface area contributed by atoms with Crippen molar-refractivity contribution in [3.05, 3.63) is 0 Å². The summed E-state index contributed by atoms with van der Waals surface area (Å²) in [5.74, 6) is 0.182. The van der Waals surface area contributed by atoms with Gasteiger partial charge in [-0.15, -0.1) is 0 Å². The topological polar surface area (TPSA) is 20.3 Å². The van der Waals surface area contributed by atoms with E-state index in [1.165, 1.54) is 64.2 Å². The highest BCUT2D eigenvalue weighted by atomic mass is 16.2. The van der Waals surface area contributed by atoms with E-state index in [1.807, 2.05) is 11.9 Å². The van der Waals surface area contributed by atoms with Crippen LogP contribution < -0.4 is 0 Å². The molecule has 108 valence electrons. The molecule has 0 N–H and O–H groups in total. The van der Waals surface area contributed by atoms with E-state index in [1.54, 1.807) is 6.92 Å². The average molecular weight is 255 g/mol. The molecule has 0 spiro atoms. The maximum atomic E-state index is 11.0. The van der Waals surface area contributed by atoms with Crippen LogP contribution in [0.3, 0.4) is 0 Å². The van der Waals surface area contributed by atoms with Crippen molar-refractivity contribution in [1.29, 1.82) is 0 Å². The Morgan fingerprint density at radius 2 is 1.17 bits per heavy atom. The van der Waals surface area contributed by atoms with Crippen LogP contribution in [0.25, 0.3) is 0 Å². The number of nitrogens with zero attached hydrogens (tertiary/aromatic N) is 1. The second kappa shape index (κ2) is 12.9. The van der Waals surface area contributed by atoms with Gasteiger partial charge in [-0.3, -0.25) is 4.79 Å². The van der Waals surface area contributed by atoms with E-state index >= 15 is 0 Å². The molecule has 0 rings (SSSR count). The summed E-state index contributed by atoms with van der Waals surface area (Å²) in [4.78, 5) is 12.8. The number of hydrogen-bond donors (Lipinski definition) is 0. The normalized spacial score (nSPS) is 10.6. The van der Waals surface area contributed by atoms with E-state index in [0.29, 0.717) is 0 Å². The molecule has 0 heterocycles. The summed E-state index contributed by atoms with van der Waals surface area (Å²) in [5, 5.41) is 0. The Bertz CT molecular complexity index is 192. The third kappa shape index (κ3) is 11.9. The first kappa shape index (κ1) is 17.5. The molecule has 0 aromatic carbocycles. The maximum Gasteiger partial charge on any atom is 0.219 e. The molecule has 0 saturated heterocycles. The zero-order valence-corrected chi connectivity index (χ0v) is 12.8. The van der Waals surface area contributed by atoms with Crippen molar-refractivity contribution in [2.45, 2.75) is 84.5 Å². The van der Waals surface area contributed by atoms with Gasteiger partial charge in [-0.2, -0.15) is 0 Å². The lowest BCUT2D eigenvalue weighted by atomic mass is 10.1. The third-order valence-electron chi connectivity index (χ3n) is 3.63. The molecule has 0 saturated carbocycles. The minimum atomic E-state index is 0.182. The summed E-state index contributed by atoms with van der Waals surface area (Å²) in [6, 6.07) is 0. The van der Waals surface area contributed by atoms with Gasteiger partial charge in [-0.05, 0) is 6.42 Å². The molecule has 2 nitrogen and oxygen atoms in total. The fraction of sp³-hybridized carbons (Fsp3) is 0.938. The molecule has 0 bridgehead atoms. The molecule has 1 amide bonds. The largest absolute Gasteiger partial charge is 0.346 e. The van der Waals surface area contributed by atoms with Crippen molar-refractivity contribution in [2.24, 2.45) is 0 Å². The van der Waals surface area contributed by atoms with Crippen LogP contribution in [0.5, 0.6) is 0 Å². The molecule has 0 aliphatic heterocycles. The van der Waals surface area contributed by atoms with Crippen molar-refractivity contribution in [3.8, 4) is 0 Å². The molecule has 0 aromatic heterocycles. The lowest BCUT2D eigenvalue weighted by molar-refractivity contribution is -0.127. The molecule has 0 aliphatic carbocycles. The van der Waals surface area contributed by atoms with E-state index in [9.17, 15) is 4.79 Å². The zero-order valence-electron chi connectivity index (χ0n) is 12.8. The Morgan fingerprint density at radius 3 is 1.56 bits per heavy atom. The van der Waals surface area contributed by atoms with Crippen LogP contribution in [0.15, 0.2) is 0 Å². The summed E-state index contributed by atoms with van der Waals surface area (Å²) < 4.78 is 0. The molecule has 0 radical (unpaired) electrons. The van der Waals surface area contributed by atoms with Gasteiger partial charge < -0.3 is 4.90 Å². The zero-order chi connectivity index (χ0) is 13.6. The van der Waals surface area contributed by atoms with Gasteiger partial charge in [-0.1, -0.05) is 71.1 Å². The van der Waals surface area contributed by atoms with Gasteiger partial charge in [0.25, 0.3) is 0 Å². The van der Waals surface area contributed by atoms with E-state index in [-0.39, 0.29) is 5.91 Å². The molecule has 0 unspecified atom stereocenters. The highest BCUT2D eigenvalue weighted by Gasteiger charge is 2.00. The first-order valence-corrected chi connectivity index (χ1v) is 7.90. The van der Waals surface area contributed by atoms with E-state index in [4.69, 9.17) is 0 Å². The van der Waals surface area contributed by atoms with Crippen molar-refractivity contribution >= 4 is 5.91 Å². The molecule has 0 aliphatic rings. The number of carbonyl (C=O) groups is 1. The van der Waals surface area contributed by atoms with Crippen molar-refractivity contribution in [1.82, 2.24) is 4.90 Å². The standard InChI is InChI=1S/C16H33NO/c1-4-5-6-7-8-9-10-11-12-13-14-15-17(3)16(2)18/h4-15H2,1-3H3. The fourth-order valence-corrected chi connectivity index (χ4v) is 2.17. The van der Waals surface area contributed by atoms with Crippen molar-refractivity contribution < 1.29 is 4.79 Å². The van der Waals surface area contributed by atoms with Crippen LogP contribution in [0, 0.1) is 0 Å². The number of amides is 1. The van der Waals surface area contributed by atoms with Gasteiger partial charge in [0.05, 0.1) is 0 Å². The number of carbonyl (C=O) groups excluding carboxylic acids is 1. The average Bonchev–Trinajstić information content (AvgIpc) is 2.35. The van der Waals surface area contributed by atoms with Gasteiger partial charge >= 0.3 is 0 Å². The van der Waals surface area contributed by atoms with Crippen molar-refractivity contribution in [2.75, 3.05) is 13.6 Å². The fourth-order valence-electron chi connectivity index (χ4n) is 2.17. The smallest absolute Gasteiger partial charge is 0.219 e. The molecule has 0 fully saturated rings. The van der Waals surface area contributed by atoms with E-state index in [2.05, 4.69) is 6.92 Å². The monoisotopic (exact) mass is 255 g/mol. The Morgan fingerprint density at radius 1 is 0.778 bits per heavy atom. The number of hydrogen-bond acceptors (Lipinski definition) is 1. The Labute approximate surface area is 114 Å². The van der Waals surface area contributed by atoms with Crippen LogP contribution in [-0.4, -0.2) is 24.4 Å². The quantitative estimate of drug-likeness (QED) is 0.460. The molecular formula is C16H33NO. The summed E-state index contributed by atoms with van der Waals surface area (Å²) in [6.07, 6.45) is 15.0. The van der Waals surface area contributed by atoms with E-state index < -0.39 is 0 Å². The predicted molar refractivity (Wildman–Crippen MR) is 79.8 cm³/mol. The Hall–Kier alpha value is -0.530. The second-order valence-electron chi connectivity index (χ2n) is 5.48. The van der Waals surface area contributed by atoms with Gasteiger partial charge in [-0.25, -0.2) is 0 Å². The van der Waals surface area contributed by atoms with Gasteiger partial charge in [0.2, 0.25) is 5.91 Å². The molecular weight excluding hydrogens is 222 g/mol. The van der Waals surface area contributed by atoms with Crippen LogP contribution in [0.2, 0.25) is 0 Å². The highest BCUT2D eigenvalue weighted by Crippen LogP contribution is 2.11. The number of unbranched alkanes of at least 4 members (excludes halogenated alkanes) is 10. The predicted octanol–water partition coefficient (Wildman–Crippen LogP) is 4.78.